The van der Waals surface area contributed by atoms with E-state index < -0.39 is 10.0 Å². The predicted molar refractivity (Wildman–Crippen MR) is 80.7 cm³/mol. The number of sulfonamides is 1. The molecule has 0 atom stereocenters. The molecular weight excluding hydrogens is 312 g/mol. The van der Waals surface area contributed by atoms with E-state index in [9.17, 15) is 8.42 Å². The van der Waals surface area contributed by atoms with Gasteiger partial charge in [-0.25, -0.2) is 8.42 Å². The van der Waals surface area contributed by atoms with E-state index in [4.69, 9.17) is 16.7 Å². The van der Waals surface area contributed by atoms with Crippen LogP contribution in [0.3, 0.4) is 0 Å². The molecule has 7 heteroatoms. The van der Waals surface area contributed by atoms with Gasteiger partial charge in [0.15, 0.2) is 0 Å². The molecule has 1 N–H and O–H groups in total. The lowest BCUT2D eigenvalue weighted by Crippen LogP contribution is -2.49. The molecule has 1 aromatic rings. The van der Waals surface area contributed by atoms with Gasteiger partial charge in [0.2, 0.25) is 10.0 Å². The summed E-state index contributed by atoms with van der Waals surface area (Å²) in [7, 11) is -3.50. The van der Waals surface area contributed by atoms with Crippen LogP contribution in [0.25, 0.3) is 0 Å². The van der Waals surface area contributed by atoms with Gasteiger partial charge < -0.3 is 5.11 Å². The molecule has 5 nitrogen and oxygen atoms in total. The molecule has 1 saturated heterocycles. The van der Waals surface area contributed by atoms with Gasteiger partial charge >= 0.3 is 0 Å². The first-order valence-corrected chi connectivity index (χ1v) is 8.97. The third-order valence-corrected chi connectivity index (χ3v) is 6.42. The second-order valence-corrected chi connectivity index (χ2v) is 7.93. The lowest BCUT2D eigenvalue weighted by atomic mass is 10.2. The van der Waals surface area contributed by atoms with Crippen molar-refractivity contribution in [3.05, 3.63) is 28.8 Å². The maximum absolute atomic E-state index is 12.6. The average Bonchev–Trinajstić information content (AvgIpc) is 3.32. The third-order valence-electron chi connectivity index (χ3n) is 4.17. The highest BCUT2D eigenvalue weighted by atomic mass is 35.5. The number of rotatable bonds is 4. The van der Waals surface area contributed by atoms with Crippen molar-refractivity contribution in [2.75, 3.05) is 26.2 Å². The van der Waals surface area contributed by atoms with Gasteiger partial charge in [-0.1, -0.05) is 17.7 Å². The normalized spacial score (nSPS) is 21.6. The van der Waals surface area contributed by atoms with Crippen molar-refractivity contribution in [1.82, 2.24) is 9.21 Å². The molecule has 1 heterocycles. The van der Waals surface area contributed by atoms with Crippen LogP contribution in [0, 0.1) is 0 Å². The molecule has 2 aliphatic rings. The number of nitrogens with zero attached hydrogens (tertiary/aromatic N) is 2. The maximum Gasteiger partial charge on any atom is 0.243 e. The topological polar surface area (TPSA) is 60.9 Å². The summed E-state index contributed by atoms with van der Waals surface area (Å²) in [4.78, 5) is 2.57. The Hall–Kier alpha value is -0.660. The van der Waals surface area contributed by atoms with Crippen LogP contribution in [0.1, 0.15) is 18.4 Å². The number of piperazine rings is 1. The second kappa shape index (κ2) is 5.85. The molecular formula is C14H19ClN2O3S. The lowest BCUT2D eigenvalue weighted by molar-refractivity contribution is 0.180. The summed E-state index contributed by atoms with van der Waals surface area (Å²) >= 11 is 6.00. The molecule has 1 saturated carbocycles. The van der Waals surface area contributed by atoms with Crippen LogP contribution in [0.4, 0.5) is 0 Å². The van der Waals surface area contributed by atoms with Gasteiger partial charge in [-0.15, -0.1) is 0 Å². The number of aliphatic hydroxyl groups excluding tert-OH is 1. The van der Waals surface area contributed by atoms with Gasteiger partial charge in [0.1, 0.15) is 0 Å². The van der Waals surface area contributed by atoms with E-state index in [-0.39, 0.29) is 16.5 Å². The lowest BCUT2D eigenvalue weighted by Gasteiger charge is -2.34. The summed E-state index contributed by atoms with van der Waals surface area (Å²) in [6.45, 7) is 2.45. The summed E-state index contributed by atoms with van der Waals surface area (Å²) in [5, 5.41) is 9.39. The summed E-state index contributed by atoms with van der Waals surface area (Å²) in [6.07, 6.45) is 2.48. The standard InChI is InChI=1S/C14H19ClN2O3S/c15-14-9-13(4-1-11(14)10-18)21(19,20)17-7-5-16(6-8-17)12-2-3-12/h1,4,9,12,18H,2-3,5-8,10H2. The van der Waals surface area contributed by atoms with Crippen molar-refractivity contribution in [3.63, 3.8) is 0 Å². The van der Waals surface area contributed by atoms with Gasteiger partial charge in [-0.3, -0.25) is 4.90 Å². The van der Waals surface area contributed by atoms with Crippen molar-refractivity contribution in [2.24, 2.45) is 0 Å². The Morgan fingerprint density at radius 3 is 2.38 bits per heavy atom. The minimum atomic E-state index is -3.50. The van der Waals surface area contributed by atoms with Gasteiger partial charge in [0, 0.05) is 37.2 Å². The Bertz CT molecular complexity index is 623. The van der Waals surface area contributed by atoms with Gasteiger partial charge in [0.25, 0.3) is 0 Å². The van der Waals surface area contributed by atoms with Crippen LogP contribution in [0.5, 0.6) is 0 Å². The van der Waals surface area contributed by atoms with Crippen molar-refractivity contribution in [2.45, 2.75) is 30.4 Å². The zero-order chi connectivity index (χ0) is 15.0. The number of aliphatic hydroxyl groups is 1. The molecule has 1 aromatic carbocycles. The van der Waals surface area contributed by atoms with Crippen LogP contribution in [-0.4, -0.2) is 55.0 Å². The van der Waals surface area contributed by atoms with Crippen LogP contribution >= 0.6 is 11.6 Å². The Morgan fingerprint density at radius 1 is 1.19 bits per heavy atom. The van der Waals surface area contributed by atoms with Crippen LogP contribution in [0.2, 0.25) is 5.02 Å². The van der Waals surface area contributed by atoms with E-state index in [0.717, 1.165) is 13.1 Å². The van der Waals surface area contributed by atoms with E-state index in [0.29, 0.717) is 24.7 Å². The minimum Gasteiger partial charge on any atom is -0.392 e. The van der Waals surface area contributed by atoms with Crippen molar-refractivity contribution in [1.29, 1.82) is 0 Å². The van der Waals surface area contributed by atoms with Gasteiger partial charge in [-0.05, 0) is 30.5 Å². The first kappa shape index (κ1) is 15.2. The molecule has 2 fully saturated rings. The summed E-state index contributed by atoms with van der Waals surface area (Å²) in [6, 6.07) is 5.18. The molecule has 0 radical (unpaired) electrons. The summed E-state index contributed by atoms with van der Waals surface area (Å²) in [5.41, 5.74) is 0.536. The van der Waals surface area contributed by atoms with Crippen molar-refractivity contribution in [3.8, 4) is 0 Å². The van der Waals surface area contributed by atoms with Gasteiger partial charge in [0.05, 0.1) is 11.5 Å². The highest BCUT2D eigenvalue weighted by molar-refractivity contribution is 7.89. The molecule has 21 heavy (non-hydrogen) atoms. The smallest absolute Gasteiger partial charge is 0.243 e. The fourth-order valence-electron chi connectivity index (χ4n) is 2.71. The molecule has 0 amide bonds. The van der Waals surface area contributed by atoms with Crippen molar-refractivity contribution < 1.29 is 13.5 Å². The molecule has 116 valence electrons. The van der Waals surface area contributed by atoms with Gasteiger partial charge in [-0.2, -0.15) is 4.31 Å². The number of halogens is 1. The Kier molecular flexibility index (Phi) is 4.25. The van der Waals surface area contributed by atoms with E-state index in [1.165, 1.54) is 29.3 Å². The Balaban J connectivity index is 1.75. The highest BCUT2D eigenvalue weighted by Crippen LogP contribution is 2.29. The Labute approximate surface area is 130 Å². The molecule has 0 bridgehead atoms. The first-order valence-electron chi connectivity index (χ1n) is 7.16. The molecule has 0 aromatic heterocycles. The van der Waals surface area contributed by atoms with E-state index in [2.05, 4.69) is 4.90 Å². The number of hydrogen-bond acceptors (Lipinski definition) is 4. The molecule has 1 aliphatic carbocycles. The number of benzene rings is 1. The van der Waals surface area contributed by atoms with E-state index in [1.54, 1.807) is 6.07 Å². The summed E-state index contributed by atoms with van der Waals surface area (Å²) in [5.74, 6) is 0. The molecule has 1 aliphatic heterocycles. The summed E-state index contributed by atoms with van der Waals surface area (Å²) < 4.78 is 26.8. The van der Waals surface area contributed by atoms with Crippen LogP contribution < -0.4 is 0 Å². The largest absolute Gasteiger partial charge is 0.392 e. The first-order chi connectivity index (χ1) is 10.0. The molecule has 0 unspecified atom stereocenters. The fraction of sp³-hybridized carbons (Fsp3) is 0.571. The molecule has 3 rings (SSSR count). The third kappa shape index (κ3) is 3.10. The predicted octanol–water partition coefficient (Wildman–Crippen LogP) is 1.30. The fourth-order valence-corrected chi connectivity index (χ4v) is 4.47. The quantitative estimate of drug-likeness (QED) is 0.904. The zero-order valence-corrected chi connectivity index (χ0v) is 13.3. The zero-order valence-electron chi connectivity index (χ0n) is 11.7. The SMILES string of the molecule is O=S(=O)(c1ccc(CO)c(Cl)c1)N1CCN(C2CC2)CC1. The van der Waals surface area contributed by atoms with Crippen LogP contribution in [0.15, 0.2) is 23.1 Å². The monoisotopic (exact) mass is 330 g/mol. The average molecular weight is 331 g/mol. The second-order valence-electron chi connectivity index (χ2n) is 5.58. The van der Waals surface area contributed by atoms with E-state index in [1.807, 2.05) is 0 Å². The maximum atomic E-state index is 12.6. The van der Waals surface area contributed by atoms with Crippen LogP contribution in [-0.2, 0) is 16.6 Å². The van der Waals surface area contributed by atoms with E-state index >= 15 is 0 Å². The Morgan fingerprint density at radius 2 is 1.86 bits per heavy atom. The number of hydrogen-bond donors (Lipinski definition) is 1. The minimum absolute atomic E-state index is 0.195. The molecule has 0 spiro atoms. The van der Waals surface area contributed by atoms with Crippen molar-refractivity contribution >= 4 is 21.6 Å². The highest BCUT2D eigenvalue weighted by Gasteiger charge is 2.34.